The molecule has 0 saturated carbocycles. The van der Waals surface area contributed by atoms with Crippen LogP contribution >= 0.6 is 0 Å². The van der Waals surface area contributed by atoms with E-state index in [1.807, 2.05) is 43.3 Å². The highest BCUT2D eigenvalue weighted by atomic mass is 32.2. The smallest absolute Gasteiger partial charge is 0.259 e. The summed E-state index contributed by atoms with van der Waals surface area (Å²) in [4.78, 5) is 14.5. The van der Waals surface area contributed by atoms with Gasteiger partial charge in [0.05, 0.1) is 11.3 Å². The van der Waals surface area contributed by atoms with E-state index in [0.717, 1.165) is 5.56 Å². The molecule has 0 unspecified atom stereocenters. The SMILES string of the molecule is CCN(CC)S(=O)(=O)c1cc2c(cc1Oc1ccc(C)cc1-n1nc3ccccc3n1)Oc1ccccc1NC2=O. The molecule has 0 atom stereocenters. The Kier molecular flexibility index (Phi) is 6.68. The fourth-order valence-corrected chi connectivity index (χ4v) is 6.29. The number of aryl methyl sites for hydroxylation is 1. The summed E-state index contributed by atoms with van der Waals surface area (Å²) in [6, 6.07) is 22.7. The molecule has 2 heterocycles. The van der Waals surface area contributed by atoms with Crippen LogP contribution in [0.25, 0.3) is 16.7 Å². The molecule has 208 valence electrons. The second-order valence-electron chi connectivity index (χ2n) is 9.49. The van der Waals surface area contributed by atoms with Crippen LogP contribution in [-0.4, -0.2) is 46.7 Å². The Labute approximate surface area is 237 Å². The number of nitrogens with zero attached hydrogens (tertiary/aromatic N) is 4. The van der Waals surface area contributed by atoms with Crippen LogP contribution in [0.1, 0.15) is 29.8 Å². The average molecular weight is 570 g/mol. The molecule has 1 amide bonds. The number of carbonyl (C=O) groups is 1. The minimum Gasteiger partial charge on any atom is -0.454 e. The lowest BCUT2D eigenvalue weighted by molar-refractivity contribution is 0.102. The summed E-state index contributed by atoms with van der Waals surface area (Å²) in [5.74, 6) is 0.428. The van der Waals surface area contributed by atoms with Gasteiger partial charge in [-0.25, -0.2) is 8.42 Å². The number of sulfonamides is 1. The van der Waals surface area contributed by atoms with E-state index in [9.17, 15) is 13.2 Å². The van der Waals surface area contributed by atoms with E-state index in [1.54, 1.807) is 44.2 Å². The zero-order chi connectivity index (χ0) is 28.7. The first-order valence-electron chi connectivity index (χ1n) is 13.2. The molecule has 0 fully saturated rings. The standard InChI is InChI=1S/C30H27N5O5S/c1-4-34(5-2)41(37,38)29-17-20-27(39-25-13-9-8-12-23(25)31-30(20)36)18-28(29)40-26-15-14-19(3)16-24(26)35-32-21-10-6-7-11-22(21)33-35/h6-18H,4-5H2,1-3H3,(H,31,36). The van der Waals surface area contributed by atoms with Crippen LogP contribution in [0, 0.1) is 6.92 Å². The van der Waals surface area contributed by atoms with Crippen LogP contribution in [0.15, 0.2) is 83.8 Å². The molecule has 41 heavy (non-hydrogen) atoms. The molecule has 1 aromatic heterocycles. The molecular weight excluding hydrogens is 542 g/mol. The zero-order valence-corrected chi connectivity index (χ0v) is 23.5. The number of benzene rings is 4. The number of hydrogen-bond acceptors (Lipinski definition) is 7. The molecule has 0 saturated heterocycles. The van der Waals surface area contributed by atoms with Crippen molar-refractivity contribution in [3.8, 4) is 28.7 Å². The number of para-hydroxylation sites is 2. The van der Waals surface area contributed by atoms with Crippen LogP contribution in [0.4, 0.5) is 5.69 Å². The van der Waals surface area contributed by atoms with Gasteiger partial charge >= 0.3 is 0 Å². The van der Waals surface area contributed by atoms with Crippen molar-refractivity contribution in [3.05, 3.63) is 90.0 Å². The largest absolute Gasteiger partial charge is 0.454 e. The lowest BCUT2D eigenvalue weighted by atomic mass is 10.1. The van der Waals surface area contributed by atoms with Gasteiger partial charge in [-0.3, -0.25) is 4.79 Å². The van der Waals surface area contributed by atoms with E-state index < -0.39 is 15.9 Å². The monoisotopic (exact) mass is 569 g/mol. The topological polar surface area (TPSA) is 116 Å². The summed E-state index contributed by atoms with van der Waals surface area (Å²) in [5.41, 5.74) is 3.40. The molecule has 10 nitrogen and oxygen atoms in total. The number of carbonyl (C=O) groups excluding carboxylic acids is 1. The van der Waals surface area contributed by atoms with Gasteiger partial charge in [-0.2, -0.15) is 4.31 Å². The van der Waals surface area contributed by atoms with Gasteiger partial charge in [0.25, 0.3) is 5.91 Å². The van der Waals surface area contributed by atoms with Gasteiger partial charge in [-0.15, -0.1) is 15.0 Å². The molecule has 1 aliphatic rings. The number of fused-ring (bicyclic) bond motifs is 3. The number of hydrogen-bond donors (Lipinski definition) is 1. The Balaban J connectivity index is 1.53. The highest BCUT2D eigenvalue weighted by molar-refractivity contribution is 7.89. The molecular formula is C30H27N5O5S. The Morgan fingerprint density at radius 1 is 0.878 bits per heavy atom. The first-order valence-corrected chi connectivity index (χ1v) is 14.6. The summed E-state index contributed by atoms with van der Waals surface area (Å²) >= 11 is 0. The van der Waals surface area contributed by atoms with Crippen LogP contribution in [-0.2, 0) is 10.0 Å². The highest BCUT2D eigenvalue weighted by Crippen LogP contribution is 2.42. The molecule has 4 aromatic carbocycles. The van der Waals surface area contributed by atoms with Gasteiger partial charge < -0.3 is 14.8 Å². The summed E-state index contributed by atoms with van der Waals surface area (Å²) in [6.45, 7) is 5.92. The fraction of sp³-hybridized carbons (Fsp3) is 0.167. The van der Waals surface area contributed by atoms with Crippen LogP contribution in [0.3, 0.4) is 0 Å². The third-order valence-corrected chi connectivity index (χ3v) is 8.88. The van der Waals surface area contributed by atoms with Crippen molar-refractivity contribution in [3.63, 3.8) is 0 Å². The quantitative estimate of drug-likeness (QED) is 0.259. The molecule has 1 N–H and O–H groups in total. The summed E-state index contributed by atoms with van der Waals surface area (Å²) in [7, 11) is -4.06. The van der Waals surface area contributed by atoms with E-state index in [1.165, 1.54) is 21.2 Å². The minimum absolute atomic E-state index is 0.00430. The van der Waals surface area contributed by atoms with Gasteiger partial charge in [0.1, 0.15) is 27.4 Å². The average Bonchev–Trinajstić information content (AvgIpc) is 3.34. The van der Waals surface area contributed by atoms with Gasteiger partial charge in [-0.05, 0) is 55.0 Å². The fourth-order valence-electron chi connectivity index (χ4n) is 4.71. The molecule has 5 aromatic rings. The van der Waals surface area contributed by atoms with E-state index in [4.69, 9.17) is 9.47 Å². The Hall–Kier alpha value is -4.74. The molecule has 0 radical (unpaired) electrons. The van der Waals surface area contributed by atoms with E-state index in [-0.39, 0.29) is 35.0 Å². The third-order valence-electron chi connectivity index (χ3n) is 6.81. The van der Waals surface area contributed by atoms with Crippen molar-refractivity contribution in [2.75, 3.05) is 18.4 Å². The van der Waals surface area contributed by atoms with Crippen molar-refractivity contribution in [2.45, 2.75) is 25.7 Å². The second kappa shape index (κ2) is 10.3. The number of rotatable bonds is 7. The van der Waals surface area contributed by atoms with Gasteiger partial charge in [0, 0.05) is 19.2 Å². The molecule has 1 aliphatic heterocycles. The minimum atomic E-state index is -4.06. The predicted octanol–water partition coefficient (Wildman–Crippen LogP) is 5.91. The van der Waals surface area contributed by atoms with Crippen LogP contribution in [0.5, 0.6) is 23.0 Å². The van der Waals surface area contributed by atoms with Crippen molar-refractivity contribution in [2.24, 2.45) is 0 Å². The maximum Gasteiger partial charge on any atom is 0.259 e. The van der Waals surface area contributed by atoms with Crippen molar-refractivity contribution in [1.29, 1.82) is 0 Å². The lowest BCUT2D eigenvalue weighted by Crippen LogP contribution is -2.31. The number of amides is 1. The van der Waals surface area contributed by atoms with Gasteiger partial charge in [0.15, 0.2) is 17.2 Å². The maximum atomic E-state index is 13.9. The summed E-state index contributed by atoms with van der Waals surface area (Å²) in [6.07, 6.45) is 0. The zero-order valence-electron chi connectivity index (χ0n) is 22.7. The molecule has 0 bridgehead atoms. The highest BCUT2D eigenvalue weighted by Gasteiger charge is 2.32. The number of anilines is 1. The van der Waals surface area contributed by atoms with Gasteiger partial charge in [-0.1, -0.05) is 44.2 Å². The second-order valence-corrected chi connectivity index (χ2v) is 11.4. The van der Waals surface area contributed by atoms with E-state index in [2.05, 4.69) is 15.5 Å². The summed E-state index contributed by atoms with van der Waals surface area (Å²) in [5, 5.41) is 12.0. The Bertz CT molecular complexity index is 1880. The number of nitrogens with one attached hydrogen (secondary N) is 1. The van der Waals surface area contributed by atoms with Crippen molar-refractivity contribution in [1.82, 2.24) is 19.3 Å². The van der Waals surface area contributed by atoms with Crippen molar-refractivity contribution >= 4 is 32.7 Å². The lowest BCUT2D eigenvalue weighted by Gasteiger charge is -2.22. The van der Waals surface area contributed by atoms with Crippen molar-refractivity contribution < 1.29 is 22.7 Å². The maximum absolute atomic E-state index is 13.9. The molecule has 0 spiro atoms. The molecule has 0 aliphatic carbocycles. The number of ether oxygens (including phenoxy) is 2. The summed E-state index contributed by atoms with van der Waals surface area (Å²) < 4.78 is 41.5. The van der Waals surface area contributed by atoms with Gasteiger partial charge in [0.2, 0.25) is 10.0 Å². The first kappa shape index (κ1) is 26.5. The van der Waals surface area contributed by atoms with E-state index >= 15 is 0 Å². The Morgan fingerprint density at radius 3 is 2.27 bits per heavy atom. The number of aromatic nitrogens is 3. The first-order chi connectivity index (χ1) is 19.8. The Morgan fingerprint density at radius 2 is 1.56 bits per heavy atom. The normalized spacial score (nSPS) is 12.8. The van der Waals surface area contributed by atoms with Crippen LogP contribution in [0.2, 0.25) is 0 Å². The molecule has 11 heteroatoms. The van der Waals surface area contributed by atoms with Crippen LogP contribution < -0.4 is 14.8 Å². The third kappa shape index (κ3) is 4.79. The molecule has 6 rings (SSSR count). The van der Waals surface area contributed by atoms with E-state index in [0.29, 0.717) is 33.9 Å². The predicted molar refractivity (Wildman–Crippen MR) is 155 cm³/mol.